The van der Waals surface area contributed by atoms with Gasteiger partial charge in [-0.25, -0.2) is 4.98 Å². The van der Waals surface area contributed by atoms with E-state index in [-0.39, 0.29) is 34.1 Å². The van der Waals surface area contributed by atoms with Crippen molar-refractivity contribution in [1.82, 2.24) is 15.6 Å². The zero-order valence-electron chi connectivity index (χ0n) is 27.3. The molecule has 1 heterocycles. The first kappa shape index (κ1) is 37.3. The molecular formula is C36H37N5O8PS+. The number of ketones is 1. The van der Waals surface area contributed by atoms with Gasteiger partial charge in [-0.15, -0.1) is 9.42 Å². The summed E-state index contributed by atoms with van der Waals surface area (Å²) in [5.74, 6) is -3.87. The Labute approximate surface area is 299 Å². The average molecular weight is 731 g/mol. The number of nitrogens with one attached hydrogen (secondary N) is 3. The first-order valence-electron chi connectivity index (χ1n) is 16.2. The van der Waals surface area contributed by atoms with Crippen LogP contribution in [0.5, 0.6) is 0 Å². The van der Waals surface area contributed by atoms with Crippen LogP contribution in [-0.4, -0.2) is 68.5 Å². The first-order valence-corrected chi connectivity index (χ1v) is 18.4. The van der Waals surface area contributed by atoms with Crippen LogP contribution in [0.2, 0.25) is 0 Å². The Hall–Kier alpha value is -5.01. The lowest BCUT2D eigenvalue weighted by Gasteiger charge is -2.27. The molecule has 1 aliphatic carbocycles. The van der Waals surface area contributed by atoms with Gasteiger partial charge in [-0.1, -0.05) is 79.2 Å². The molecule has 0 spiro atoms. The number of nitrogens with zero attached hydrogens (tertiary/aromatic N) is 1. The van der Waals surface area contributed by atoms with Gasteiger partial charge < -0.3 is 21.7 Å². The van der Waals surface area contributed by atoms with E-state index in [1.165, 1.54) is 30.0 Å². The van der Waals surface area contributed by atoms with Crippen LogP contribution in [0.3, 0.4) is 0 Å². The van der Waals surface area contributed by atoms with Crippen molar-refractivity contribution in [3.8, 4) is 0 Å². The largest absolute Gasteiger partial charge is 0.695 e. The summed E-state index contributed by atoms with van der Waals surface area (Å²) in [5, 5.41) is 8.55. The number of hydrogen-bond acceptors (Lipinski definition) is 9. The fourth-order valence-corrected chi connectivity index (χ4v) is 7.95. The number of fused-ring (bicyclic) bond motifs is 1. The normalized spacial score (nSPS) is 17.5. The maximum absolute atomic E-state index is 14.0. The van der Waals surface area contributed by atoms with Crippen molar-refractivity contribution in [1.29, 1.82) is 0 Å². The summed E-state index contributed by atoms with van der Waals surface area (Å²) in [6.45, 7) is 0. The van der Waals surface area contributed by atoms with E-state index in [2.05, 4.69) is 20.9 Å². The number of hydrogen-bond donors (Lipinski definition) is 5. The molecule has 1 fully saturated rings. The van der Waals surface area contributed by atoms with Crippen LogP contribution in [0.25, 0.3) is 10.9 Å². The van der Waals surface area contributed by atoms with E-state index >= 15 is 0 Å². The summed E-state index contributed by atoms with van der Waals surface area (Å²) in [4.78, 5) is 80.5. The minimum absolute atomic E-state index is 0.0230. The number of amides is 4. The number of para-hydroxylation sites is 2. The minimum atomic E-state index is -3.26. The van der Waals surface area contributed by atoms with Crippen LogP contribution < -0.4 is 21.7 Å². The minimum Gasteiger partial charge on any atom is -0.370 e. The van der Waals surface area contributed by atoms with Gasteiger partial charge in [0.2, 0.25) is 17.7 Å². The summed E-state index contributed by atoms with van der Waals surface area (Å²) in [5.41, 5.74) is 6.78. The van der Waals surface area contributed by atoms with E-state index in [9.17, 15) is 33.4 Å². The highest BCUT2D eigenvalue weighted by atomic mass is 32.2. The average Bonchev–Trinajstić information content (AvgIpc) is 3.61. The Kier molecular flexibility index (Phi) is 13.0. The third-order valence-corrected chi connectivity index (χ3v) is 10.4. The highest BCUT2D eigenvalue weighted by Crippen LogP contribution is 2.37. The SMILES string of the molecule is NC(=O)CC(NC(=O)c1ccc2ccccc2n1)C(=O)NC(C(=O)c1ccccc1)C(CSC1CCCC1C(=O)Nc1ccccc1)O[P+](=O)O. The standard InChI is InChI=1S/C36H36N5O8PS/c37-31(42)20-28(40-35(45)27-19-18-22-10-7-8-16-26(22)39-27)36(46)41-32(33(43)23-11-3-1-4-12-23)29(49-50(47)48)21-51-30-17-9-15-25(30)34(44)38-24-13-5-2-6-14-24/h1-8,10-14,16,18-19,25,28-30,32H,9,15,17,20-21H2,(H5-,37,38,40,41,42,44,45,46,47,48)/p+1. The second kappa shape index (κ2) is 17.8. The zero-order valence-corrected chi connectivity index (χ0v) is 29.1. The van der Waals surface area contributed by atoms with Crippen molar-refractivity contribution in [3.05, 3.63) is 108 Å². The topological polar surface area (TPSA) is 207 Å². The van der Waals surface area contributed by atoms with Crippen LogP contribution in [0, 0.1) is 5.92 Å². The van der Waals surface area contributed by atoms with Gasteiger partial charge in [0.1, 0.15) is 17.8 Å². The van der Waals surface area contributed by atoms with Gasteiger partial charge in [0.05, 0.1) is 17.9 Å². The molecule has 5 rings (SSSR count). The van der Waals surface area contributed by atoms with E-state index in [0.717, 1.165) is 11.8 Å². The number of Topliss-reactive ketones (excluding diaryl/α,β-unsaturated/α-hetero) is 1. The predicted molar refractivity (Wildman–Crippen MR) is 193 cm³/mol. The summed E-state index contributed by atoms with van der Waals surface area (Å²) in [7, 11) is -3.26. The molecule has 51 heavy (non-hydrogen) atoms. The van der Waals surface area contributed by atoms with Crippen molar-refractivity contribution in [2.75, 3.05) is 11.1 Å². The molecule has 264 valence electrons. The Morgan fingerprint density at radius 2 is 1.59 bits per heavy atom. The molecule has 4 amide bonds. The highest BCUT2D eigenvalue weighted by Gasteiger charge is 2.41. The van der Waals surface area contributed by atoms with Gasteiger partial charge in [0.15, 0.2) is 11.9 Å². The second-order valence-electron chi connectivity index (χ2n) is 11.9. The molecule has 13 nitrogen and oxygen atoms in total. The maximum Gasteiger partial charge on any atom is 0.695 e. The van der Waals surface area contributed by atoms with E-state index in [1.807, 2.05) is 30.3 Å². The third-order valence-electron chi connectivity index (χ3n) is 8.40. The third kappa shape index (κ3) is 10.3. The molecule has 3 aromatic carbocycles. The zero-order chi connectivity index (χ0) is 36.3. The van der Waals surface area contributed by atoms with Crippen LogP contribution in [0.1, 0.15) is 46.5 Å². The first-order chi connectivity index (χ1) is 24.6. The summed E-state index contributed by atoms with van der Waals surface area (Å²) >= 11 is 1.30. The number of primary amides is 1. The second-order valence-corrected chi connectivity index (χ2v) is 13.9. The number of thioether (sulfide) groups is 1. The molecule has 1 aromatic heterocycles. The van der Waals surface area contributed by atoms with Gasteiger partial charge in [-0.3, -0.25) is 24.0 Å². The van der Waals surface area contributed by atoms with Crippen molar-refractivity contribution < 1.29 is 38.0 Å². The number of anilines is 1. The number of benzene rings is 3. The van der Waals surface area contributed by atoms with Gasteiger partial charge in [-0.2, -0.15) is 11.8 Å². The number of carbonyl (C=O) groups is 5. The lowest BCUT2D eigenvalue weighted by Crippen LogP contribution is -2.56. The maximum atomic E-state index is 14.0. The van der Waals surface area contributed by atoms with Gasteiger partial charge in [0, 0.05) is 32.2 Å². The summed E-state index contributed by atoms with van der Waals surface area (Å²) in [6, 6.07) is 24.2. The predicted octanol–water partition coefficient (Wildman–Crippen LogP) is 4.15. The molecular weight excluding hydrogens is 693 g/mol. The lowest BCUT2D eigenvalue weighted by atomic mass is 9.99. The Balaban J connectivity index is 1.37. The number of rotatable bonds is 16. The Morgan fingerprint density at radius 3 is 2.29 bits per heavy atom. The van der Waals surface area contributed by atoms with Crippen molar-refractivity contribution in [2.45, 2.75) is 49.1 Å². The number of carbonyl (C=O) groups excluding carboxylic acids is 5. The van der Waals surface area contributed by atoms with E-state index < -0.39 is 56.4 Å². The van der Waals surface area contributed by atoms with Crippen molar-refractivity contribution in [3.63, 3.8) is 0 Å². The van der Waals surface area contributed by atoms with Crippen molar-refractivity contribution >= 4 is 66.0 Å². The number of pyridine rings is 1. The fraction of sp³-hybridized carbons (Fsp3) is 0.278. The van der Waals surface area contributed by atoms with Crippen molar-refractivity contribution in [2.24, 2.45) is 11.7 Å². The van der Waals surface area contributed by atoms with Gasteiger partial charge in [0.25, 0.3) is 5.91 Å². The smallest absolute Gasteiger partial charge is 0.370 e. The molecule has 6 unspecified atom stereocenters. The Bertz CT molecular complexity index is 1900. The van der Waals surface area contributed by atoms with Crippen LogP contribution in [0.4, 0.5) is 5.69 Å². The number of nitrogens with two attached hydrogens (primary N) is 1. The molecule has 0 saturated heterocycles. The summed E-state index contributed by atoms with van der Waals surface area (Å²) < 4.78 is 17.5. The molecule has 4 aromatic rings. The molecule has 1 saturated carbocycles. The molecule has 6 N–H and O–H groups in total. The monoisotopic (exact) mass is 730 g/mol. The molecule has 0 radical (unpaired) electrons. The fourth-order valence-electron chi connectivity index (χ4n) is 5.90. The van der Waals surface area contributed by atoms with Gasteiger partial charge >= 0.3 is 8.25 Å². The van der Waals surface area contributed by atoms with Crippen LogP contribution in [0.15, 0.2) is 97.1 Å². The molecule has 0 bridgehead atoms. The van der Waals surface area contributed by atoms with Gasteiger partial charge in [-0.05, 0) is 37.1 Å². The molecule has 0 aliphatic heterocycles. The van der Waals surface area contributed by atoms with E-state index in [1.54, 1.807) is 48.5 Å². The van der Waals surface area contributed by atoms with Crippen LogP contribution >= 0.6 is 20.0 Å². The quantitative estimate of drug-likeness (QED) is 0.0822. The Morgan fingerprint density at radius 1 is 0.902 bits per heavy atom. The molecule has 15 heteroatoms. The number of aromatic nitrogens is 1. The molecule has 1 aliphatic rings. The van der Waals surface area contributed by atoms with E-state index in [0.29, 0.717) is 24.0 Å². The lowest BCUT2D eigenvalue weighted by molar-refractivity contribution is -0.127. The molecule has 6 atom stereocenters. The van der Waals surface area contributed by atoms with E-state index in [4.69, 9.17) is 10.3 Å². The highest BCUT2D eigenvalue weighted by molar-refractivity contribution is 8.00. The summed E-state index contributed by atoms with van der Waals surface area (Å²) in [6.07, 6.45) is 0.0973. The van der Waals surface area contributed by atoms with Crippen LogP contribution in [-0.2, 0) is 23.5 Å².